The van der Waals surface area contributed by atoms with Gasteiger partial charge in [0.05, 0.1) is 0 Å². The number of ether oxygens (including phenoxy) is 1. The maximum atomic E-state index is 13.5. The minimum absolute atomic E-state index is 0.0830. The van der Waals surface area contributed by atoms with Gasteiger partial charge in [0.1, 0.15) is 11.6 Å². The third-order valence-corrected chi connectivity index (χ3v) is 2.68. The van der Waals surface area contributed by atoms with Crippen molar-refractivity contribution in [3.05, 3.63) is 29.6 Å². The van der Waals surface area contributed by atoms with Crippen molar-refractivity contribution in [3.63, 3.8) is 0 Å². The first-order valence-corrected chi connectivity index (χ1v) is 6.65. The van der Waals surface area contributed by atoms with Crippen LogP contribution in [0.25, 0.3) is 0 Å². The standard InChI is InChI=1S/C15H22FNO3/c1-5-13(14(18)19)20-12-7-10(6-11(16)8-12)9-17-15(2,3)4/h6-8,13,17H,5,9H2,1-4H3,(H,18,19). The molecule has 5 heteroatoms. The van der Waals surface area contributed by atoms with Crippen LogP contribution in [0, 0.1) is 5.82 Å². The third kappa shape index (κ3) is 5.57. The Labute approximate surface area is 119 Å². The second-order valence-electron chi connectivity index (χ2n) is 5.75. The molecular weight excluding hydrogens is 261 g/mol. The van der Waals surface area contributed by atoms with Gasteiger partial charge in [0.25, 0.3) is 0 Å². The number of carboxylic acid groups (broad SMARTS) is 1. The monoisotopic (exact) mass is 283 g/mol. The predicted molar refractivity (Wildman–Crippen MR) is 75.3 cm³/mol. The van der Waals surface area contributed by atoms with Crippen LogP contribution in [0.3, 0.4) is 0 Å². The van der Waals surface area contributed by atoms with Crippen molar-refractivity contribution in [2.75, 3.05) is 0 Å². The minimum atomic E-state index is -1.05. The van der Waals surface area contributed by atoms with Gasteiger partial charge in [0, 0.05) is 18.2 Å². The van der Waals surface area contributed by atoms with E-state index in [4.69, 9.17) is 9.84 Å². The largest absolute Gasteiger partial charge is 0.479 e. The Morgan fingerprint density at radius 2 is 2.05 bits per heavy atom. The maximum absolute atomic E-state index is 13.5. The number of aliphatic carboxylic acids is 1. The normalized spacial score (nSPS) is 13.1. The van der Waals surface area contributed by atoms with Gasteiger partial charge in [-0.3, -0.25) is 0 Å². The van der Waals surface area contributed by atoms with Gasteiger partial charge in [-0.1, -0.05) is 6.92 Å². The smallest absolute Gasteiger partial charge is 0.344 e. The van der Waals surface area contributed by atoms with E-state index in [1.165, 1.54) is 12.1 Å². The fourth-order valence-electron chi connectivity index (χ4n) is 1.63. The molecule has 20 heavy (non-hydrogen) atoms. The predicted octanol–water partition coefficient (Wildman–Crippen LogP) is 2.96. The zero-order chi connectivity index (χ0) is 15.3. The van der Waals surface area contributed by atoms with E-state index in [9.17, 15) is 9.18 Å². The number of hydrogen-bond donors (Lipinski definition) is 2. The Bertz CT molecular complexity index is 469. The highest BCUT2D eigenvalue weighted by atomic mass is 19.1. The molecule has 0 heterocycles. The topological polar surface area (TPSA) is 58.6 Å². The average Bonchev–Trinajstić information content (AvgIpc) is 2.31. The summed E-state index contributed by atoms with van der Waals surface area (Å²) in [6.45, 7) is 8.24. The van der Waals surface area contributed by atoms with Gasteiger partial charge < -0.3 is 15.2 Å². The lowest BCUT2D eigenvalue weighted by molar-refractivity contribution is -0.145. The summed E-state index contributed by atoms with van der Waals surface area (Å²) in [5, 5.41) is 12.2. The van der Waals surface area contributed by atoms with Gasteiger partial charge in [0.15, 0.2) is 6.10 Å². The fraction of sp³-hybridized carbons (Fsp3) is 0.533. The molecule has 1 aromatic carbocycles. The van der Waals surface area contributed by atoms with Crippen molar-refractivity contribution in [1.82, 2.24) is 5.32 Å². The van der Waals surface area contributed by atoms with Crippen LogP contribution in [-0.2, 0) is 11.3 Å². The number of benzene rings is 1. The Morgan fingerprint density at radius 1 is 1.40 bits per heavy atom. The van der Waals surface area contributed by atoms with Gasteiger partial charge in [-0.2, -0.15) is 0 Å². The fourth-order valence-corrected chi connectivity index (χ4v) is 1.63. The first-order chi connectivity index (χ1) is 9.21. The zero-order valence-electron chi connectivity index (χ0n) is 12.4. The SMILES string of the molecule is CCC(Oc1cc(F)cc(CNC(C)(C)C)c1)C(=O)O. The molecule has 0 aliphatic heterocycles. The average molecular weight is 283 g/mol. The lowest BCUT2D eigenvalue weighted by atomic mass is 10.1. The first-order valence-electron chi connectivity index (χ1n) is 6.65. The molecule has 0 aliphatic carbocycles. The van der Waals surface area contributed by atoms with Crippen molar-refractivity contribution in [1.29, 1.82) is 0 Å². The molecule has 0 fully saturated rings. The summed E-state index contributed by atoms with van der Waals surface area (Å²) in [7, 11) is 0. The molecule has 0 aliphatic rings. The highest BCUT2D eigenvalue weighted by Gasteiger charge is 2.17. The Morgan fingerprint density at radius 3 is 2.55 bits per heavy atom. The van der Waals surface area contributed by atoms with Crippen LogP contribution in [-0.4, -0.2) is 22.7 Å². The second-order valence-corrected chi connectivity index (χ2v) is 5.75. The Kier molecular flexibility index (Phi) is 5.51. The van der Waals surface area contributed by atoms with E-state index >= 15 is 0 Å². The summed E-state index contributed by atoms with van der Waals surface area (Å²) in [6.07, 6.45) is -0.637. The van der Waals surface area contributed by atoms with Crippen LogP contribution in [0.15, 0.2) is 18.2 Å². The molecule has 0 amide bonds. The zero-order valence-corrected chi connectivity index (χ0v) is 12.4. The lowest BCUT2D eigenvalue weighted by Crippen LogP contribution is -2.35. The lowest BCUT2D eigenvalue weighted by Gasteiger charge is -2.21. The molecule has 0 bridgehead atoms. The molecule has 4 nitrogen and oxygen atoms in total. The second kappa shape index (κ2) is 6.70. The summed E-state index contributed by atoms with van der Waals surface area (Å²) in [5.41, 5.74) is 0.635. The molecule has 1 atom stereocenters. The molecular formula is C15H22FNO3. The van der Waals surface area contributed by atoms with Crippen LogP contribution in [0.5, 0.6) is 5.75 Å². The molecule has 0 radical (unpaired) electrons. The number of halogens is 1. The van der Waals surface area contributed by atoms with Crippen LogP contribution in [0.2, 0.25) is 0 Å². The Balaban J connectivity index is 2.83. The van der Waals surface area contributed by atoms with Crippen molar-refractivity contribution < 1.29 is 19.0 Å². The van der Waals surface area contributed by atoms with E-state index < -0.39 is 17.9 Å². The molecule has 112 valence electrons. The summed E-state index contributed by atoms with van der Waals surface area (Å²) in [5.74, 6) is -1.25. The number of rotatable bonds is 6. The third-order valence-electron chi connectivity index (χ3n) is 2.68. The van der Waals surface area contributed by atoms with E-state index in [-0.39, 0.29) is 11.3 Å². The van der Waals surface area contributed by atoms with Crippen molar-refractivity contribution >= 4 is 5.97 Å². The van der Waals surface area contributed by atoms with Crippen LogP contribution in [0.1, 0.15) is 39.7 Å². The molecule has 1 aromatic rings. The van der Waals surface area contributed by atoms with Crippen molar-refractivity contribution in [2.45, 2.75) is 52.3 Å². The number of carbonyl (C=O) groups is 1. The van der Waals surface area contributed by atoms with E-state index in [0.29, 0.717) is 13.0 Å². The summed E-state index contributed by atoms with van der Waals surface area (Å²) in [4.78, 5) is 10.9. The minimum Gasteiger partial charge on any atom is -0.479 e. The van der Waals surface area contributed by atoms with E-state index in [1.54, 1.807) is 13.0 Å². The summed E-state index contributed by atoms with van der Waals surface area (Å²) in [6, 6.07) is 4.27. The molecule has 0 aromatic heterocycles. The van der Waals surface area contributed by atoms with E-state index in [0.717, 1.165) is 5.56 Å². The molecule has 2 N–H and O–H groups in total. The van der Waals surface area contributed by atoms with E-state index in [2.05, 4.69) is 5.32 Å². The number of carboxylic acids is 1. The Hall–Kier alpha value is -1.62. The number of hydrogen-bond acceptors (Lipinski definition) is 3. The molecule has 1 unspecified atom stereocenters. The van der Waals surface area contributed by atoms with Crippen molar-refractivity contribution in [2.24, 2.45) is 0 Å². The van der Waals surface area contributed by atoms with Crippen LogP contribution in [0.4, 0.5) is 4.39 Å². The highest BCUT2D eigenvalue weighted by molar-refractivity contribution is 5.72. The van der Waals surface area contributed by atoms with Crippen LogP contribution >= 0.6 is 0 Å². The van der Waals surface area contributed by atoms with E-state index in [1.807, 2.05) is 20.8 Å². The highest BCUT2D eigenvalue weighted by Crippen LogP contribution is 2.19. The molecule has 0 saturated carbocycles. The summed E-state index contributed by atoms with van der Waals surface area (Å²) < 4.78 is 18.9. The van der Waals surface area contributed by atoms with Crippen molar-refractivity contribution in [3.8, 4) is 5.75 Å². The van der Waals surface area contributed by atoms with Gasteiger partial charge in [-0.05, 0) is 44.9 Å². The molecule has 1 rings (SSSR count). The van der Waals surface area contributed by atoms with Gasteiger partial charge >= 0.3 is 5.97 Å². The number of nitrogens with one attached hydrogen (secondary N) is 1. The molecule has 0 spiro atoms. The maximum Gasteiger partial charge on any atom is 0.344 e. The van der Waals surface area contributed by atoms with Gasteiger partial charge in [-0.25, -0.2) is 9.18 Å². The quantitative estimate of drug-likeness (QED) is 0.842. The first kappa shape index (κ1) is 16.4. The van der Waals surface area contributed by atoms with Gasteiger partial charge in [0.2, 0.25) is 0 Å². The van der Waals surface area contributed by atoms with Gasteiger partial charge in [-0.15, -0.1) is 0 Å². The molecule has 0 saturated heterocycles. The summed E-state index contributed by atoms with van der Waals surface area (Å²) >= 11 is 0. The van der Waals surface area contributed by atoms with Crippen LogP contribution < -0.4 is 10.1 Å².